The molecule has 0 aliphatic carbocycles. The Balaban J connectivity index is 2.31. The van der Waals surface area contributed by atoms with Crippen molar-refractivity contribution < 1.29 is 9.50 Å². The molecule has 0 aromatic heterocycles. The molecule has 1 atom stereocenters. The molecule has 112 valence electrons. The molecule has 2 aromatic carbocycles. The van der Waals surface area contributed by atoms with Gasteiger partial charge in [0.25, 0.3) is 0 Å². The second kappa shape index (κ2) is 6.17. The zero-order valence-electron chi connectivity index (χ0n) is 12.5. The summed E-state index contributed by atoms with van der Waals surface area (Å²) in [5.41, 5.74) is 2.32. The van der Waals surface area contributed by atoms with E-state index < -0.39 is 6.10 Å². The Labute approximate surface area is 130 Å². The zero-order valence-corrected chi connectivity index (χ0v) is 13.3. The van der Waals surface area contributed by atoms with Crippen LogP contribution in [0.4, 0.5) is 4.39 Å². The molecule has 0 fully saturated rings. The largest absolute Gasteiger partial charge is 0.388 e. The predicted octanol–water partition coefficient (Wildman–Crippen LogP) is 5.05. The minimum absolute atomic E-state index is 0.0733. The van der Waals surface area contributed by atoms with Gasteiger partial charge in [-0.1, -0.05) is 62.7 Å². The van der Waals surface area contributed by atoms with Gasteiger partial charge in [0.2, 0.25) is 0 Å². The van der Waals surface area contributed by atoms with E-state index in [1.807, 2.05) is 24.3 Å². The molecule has 1 unspecified atom stereocenters. The molecule has 1 nitrogen and oxygen atoms in total. The monoisotopic (exact) mass is 306 g/mol. The summed E-state index contributed by atoms with van der Waals surface area (Å²) in [6.45, 7) is 6.30. The Kier molecular flexibility index (Phi) is 4.70. The first-order valence-corrected chi connectivity index (χ1v) is 7.38. The number of aliphatic hydroxyl groups excluding tert-OH is 1. The fourth-order valence-electron chi connectivity index (χ4n) is 2.48. The van der Waals surface area contributed by atoms with E-state index >= 15 is 0 Å². The van der Waals surface area contributed by atoms with Crippen LogP contribution in [0.2, 0.25) is 5.02 Å². The summed E-state index contributed by atoms with van der Waals surface area (Å²) in [6, 6.07) is 12.3. The van der Waals surface area contributed by atoms with Crippen molar-refractivity contribution in [3.63, 3.8) is 0 Å². The third-order valence-corrected chi connectivity index (χ3v) is 3.79. The lowest BCUT2D eigenvalue weighted by molar-refractivity contribution is 0.174. The van der Waals surface area contributed by atoms with Crippen LogP contribution < -0.4 is 0 Å². The van der Waals surface area contributed by atoms with Gasteiger partial charge >= 0.3 is 0 Å². The molecule has 21 heavy (non-hydrogen) atoms. The van der Waals surface area contributed by atoms with Gasteiger partial charge in [-0.05, 0) is 34.2 Å². The van der Waals surface area contributed by atoms with E-state index in [9.17, 15) is 9.50 Å². The molecule has 0 aliphatic heterocycles. The fourth-order valence-corrected chi connectivity index (χ4v) is 2.63. The first-order valence-electron chi connectivity index (χ1n) is 7.00. The molecule has 1 N–H and O–H groups in total. The van der Waals surface area contributed by atoms with Crippen molar-refractivity contribution in [1.29, 1.82) is 0 Å². The summed E-state index contributed by atoms with van der Waals surface area (Å²) in [6.07, 6.45) is -0.507. The second-order valence-corrected chi connectivity index (χ2v) is 6.73. The number of aliphatic hydroxyl groups is 1. The van der Waals surface area contributed by atoms with Crippen LogP contribution in [-0.4, -0.2) is 5.11 Å². The first-order chi connectivity index (χ1) is 9.79. The molecule has 0 saturated heterocycles. The van der Waals surface area contributed by atoms with Crippen LogP contribution in [0.1, 0.15) is 43.6 Å². The average Bonchev–Trinajstić information content (AvgIpc) is 2.41. The Morgan fingerprint density at radius 2 is 1.81 bits per heavy atom. The third kappa shape index (κ3) is 3.84. The van der Waals surface area contributed by atoms with E-state index in [0.29, 0.717) is 10.6 Å². The highest BCUT2D eigenvalue weighted by molar-refractivity contribution is 6.30. The Morgan fingerprint density at radius 3 is 2.43 bits per heavy atom. The quantitative estimate of drug-likeness (QED) is 0.841. The van der Waals surface area contributed by atoms with Crippen molar-refractivity contribution in [2.75, 3.05) is 0 Å². The standard InChI is InChI=1S/C18H20ClFO/c1-18(2,3)15-7-5-4-6-14(15)17(21)10-12-8-9-13(19)11-16(12)20/h4-9,11,17,21H,10H2,1-3H3. The van der Waals surface area contributed by atoms with Crippen molar-refractivity contribution in [2.24, 2.45) is 0 Å². The van der Waals surface area contributed by atoms with E-state index in [1.165, 1.54) is 6.07 Å². The highest BCUT2D eigenvalue weighted by Gasteiger charge is 2.22. The van der Waals surface area contributed by atoms with Gasteiger partial charge < -0.3 is 5.11 Å². The Bertz CT molecular complexity index is 631. The van der Waals surface area contributed by atoms with E-state index in [4.69, 9.17) is 11.6 Å². The summed E-state index contributed by atoms with van der Waals surface area (Å²) in [7, 11) is 0. The lowest BCUT2D eigenvalue weighted by Crippen LogP contribution is -2.17. The van der Waals surface area contributed by atoms with Gasteiger partial charge in [0.1, 0.15) is 5.82 Å². The van der Waals surface area contributed by atoms with Crippen LogP contribution in [0, 0.1) is 5.82 Å². The molecule has 2 rings (SSSR count). The van der Waals surface area contributed by atoms with E-state index in [1.54, 1.807) is 12.1 Å². The predicted molar refractivity (Wildman–Crippen MR) is 85.2 cm³/mol. The Hall–Kier alpha value is -1.38. The van der Waals surface area contributed by atoms with Crippen LogP contribution >= 0.6 is 11.6 Å². The topological polar surface area (TPSA) is 20.2 Å². The molecule has 0 aliphatic rings. The molecule has 0 bridgehead atoms. The lowest BCUT2D eigenvalue weighted by atomic mass is 9.81. The van der Waals surface area contributed by atoms with Gasteiger partial charge in [0, 0.05) is 11.4 Å². The van der Waals surface area contributed by atoms with Crippen LogP contribution in [0.15, 0.2) is 42.5 Å². The van der Waals surface area contributed by atoms with Crippen LogP contribution in [0.5, 0.6) is 0 Å². The van der Waals surface area contributed by atoms with Gasteiger partial charge in [-0.25, -0.2) is 4.39 Å². The summed E-state index contributed by atoms with van der Waals surface area (Å²) in [4.78, 5) is 0. The normalized spacial score (nSPS) is 13.2. The van der Waals surface area contributed by atoms with Crippen LogP contribution in [0.25, 0.3) is 0 Å². The molecule has 2 aromatic rings. The molecule has 3 heteroatoms. The number of benzene rings is 2. The summed E-state index contributed by atoms with van der Waals surface area (Å²) in [5, 5.41) is 10.9. The van der Waals surface area contributed by atoms with Gasteiger partial charge in [-0.3, -0.25) is 0 Å². The van der Waals surface area contributed by atoms with Crippen LogP contribution in [0.3, 0.4) is 0 Å². The van der Waals surface area contributed by atoms with E-state index in [0.717, 1.165) is 11.1 Å². The average molecular weight is 307 g/mol. The molecule has 0 saturated carbocycles. The summed E-state index contributed by atoms with van der Waals surface area (Å²) >= 11 is 5.75. The molecule has 0 amide bonds. The summed E-state index contributed by atoms with van der Waals surface area (Å²) in [5.74, 6) is -0.380. The smallest absolute Gasteiger partial charge is 0.127 e. The molecule has 0 heterocycles. The van der Waals surface area contributed by atoms with Crippen molar-refractivity contribution >= 4 is 11.6 Å². The van der Waals surface area contributed by atoms with Crippen molar-refractivity contribution in [1.82, 2.24) is 0 Å². The summed E-state index contributed by atoms with van der Waals surface area (Å²) < 4.78 is 13.9. The van der Waals surface area contributed by atoms with E-state index in [-0.39, 0.29) is 17.7 Å². The molecule has 0 radical (unpaired) electrons. The third-order valence-electron chi connectivity index (χ3n) is 3.56. The van der Waals surface area contributed by atoms with Gasteiger partial charge in [-0.15, -0.1) is 0 Å². The number of halogens is 2. The van der Waals surface area contributed by atoms with Gasteiger partial charge in [0.15, 0.2) is 0 Å². The highest BCUT2D eigenvalue weighted by atomic mass is 35.5. The van der Waals surface area contributed by atoms with Crippen molar-refractivity contribution in [3.05, 3.63) is 70.0 Å². The van der Waals surface area contributed by atoms with Crippen molar-refractivity contribution in [2.45, 2.75) is 38.7 Å². The maximum absolute atomic E-state index is 13.9. The van der Waals surface area contributed by atoms with Gasteiger partial charge in [-0.2, -0.15) is 0 Å². The minimum Gasteiger partial charge on any atom is -0.388 e. The number of hydrogen-bond acceptors (Lipinski definition) is 1. The van der Waals surface area contributed by atoms with Crippen molar-refractivity contribution in [3.8, 4) is 0 Å². The lowest BCUT2D eigenvalue weighted by Gasteiger charge is -2.25. The molecular formula is C18H20ClFO. The Morgan fingerprint density at radius 1 is 1.14 bits per heavy atom. The first kappa shape index (κ1) is 16.0. The maximum atomic E-state index is 13.9. The minimum atomic E-state index is -0.740. The number of hydrogen-bond donors (Lipinski definition) is 1. The van der Waals surface area contributed by atoms with E-state index in [2.05, 4.69) is 20.8 Å². The second-order valence-electron chi connectivity index (χ2n) is 6.29. The maximum Gasteiger partial charge on any atom is 0.127 e. The SMILES string of the molecule is CC(C)(C)c1ccccc1C(O)Cc1ccc(Cl)cc1F. The molecular weight excluding hydrogens is 287 g/mol. The van der Waals surface area contributed by atoms with Crippen LogP contribution in [-0.2, 0) is 11.8 Å². The zero-order chi connectivity index (χ0) is 15.6. The fraction of sp³-hybridized carbons (Fsp3) is 0.333. The number of rotatable bonds is 3. The highest BCUT2D eigenvalue weighted by Crippen LogP contribution is 2.31. The van der Waals surface area contributed by atoms with Gasteiger partial charge in [0.05, 0.1) is 6.10 Å². The molecule has 0 spiro atoms.